The molecular weight excluding hydrogens is 358 g/mol. The van der Waals surface area contributed by atoms with E-state index in [0.717, 1.165) is 41.8 Å². The van der Waals surface area contributed by atoms with Crippen molar-refractivity contribution in [1.29, 1.82) is 0 Å². The first-order valence-corrected chi connectivity index (χ1v) is 10.3. The van der Waals surface area contributed by atoms with E-state index in [1.165, 1.54) is 4.90 Å². The van der Waals surface area contributed by atoms with E-state index in [4.69, 9.17) is 4.74 Å². The largest absolute Gasteiger partial charge is 0.507 e. The molecule has 2 aromatic rings. The zero-order valence-electron chi connectivity index (χ0n) is 16.4. The molecule has 0 saturated carbocycles. The number of hydrogen-bond donors (Lipinski definition) is 1. The molecule has 0 amide bonds. The number of phenolic OH excluding ortho intramolecular Hbond substituents is 1. The second kappa shape index (κ2) is 10.4. The number of thioether (sulfide) groups is 1. The fourth-order valence-electron chi connectivity index (χ4n) is 2.86. The normalized spacial score (nSPS) is 11.4. The number of nitrogens with zero attached hydrogens (tertiary/aromatic N) is 1. The van der Waals surface area contributed by atoms with Crippen LogP contribution in [0.15, 0.2) is 41.6 Å². The van der Waals surface area contributed by atoms with E-state index in [1.54, 1.807) is 0 Å². The van der Waals surface area contributed by atoms with Gasteiger partial charge >= 0.3 is 0 Å². The van der Waals surface area contributed by atoms with Crippen molar-refractivity contribution < 1.29 is 14.6 Å². The molecule has 4 nitrogen and oxygen atoms in total. The number of aldehydes is 1. The molecule has 0 atom stereocenters. The molecule has 2 rings (SSSR count). The third-order valence-corrected chi connectivity index (χ3v) is 5.58. The minimum atomic E-state index is -0.166. The predicted molar refractivity (Wildman–Crippen MR) is 111 cm³/mol. The summed E-state index contributed by atoms with van der Waals surface area (Å²) >= 11 is 1.82. The van der Waals surface area contributed by atoms with E-state index in [-0.39, 0.29) is 11.2 Å². The topological polar surface area (TPSA) is 59.4 Å². The van der Waals surface area contributed by atoms with Crippen molar-refractivity contribution in [3.8, 4) is 11.5 Å². The van der Waals surface area contributed by atoms with Gasteiger partial charge in [0.1, 0.15) is 17.8 Å². The lowest BCUT2D eigenvalue weighted by Crippen LogP contribution is -2.15. The number of aromatic nitrogens is 1. The maximum atomic E-state index is 10.8. The van der Waals surface area contributed by atoms with E-state index in [1.807, 2.05) is 69.2 Å². The van der Waals surface area contributed by atoms with Gasteiger partial charge in [-0.25, -0.2) is 0 Å². The van der Waals surface area contributed by atoms with Crippen LogP contribution in [0, 0.1) is 12.3 Å². The molecule has 1 heterocycles. The summed E-state index contributed by atoms with van der Waals surface area (Å²) in [6.45, 7) is 6.57. The van der Waals surface area contributed by atoms with Gasteiger partial charge in [0.2, 0.25) is 0 Å². The summed E-state index contributed by atoms with van der Waals surface area (Å²) in [6, 6.07) is 7.87. The highest BCUT2D eigenvalue weighted by molar-refractivity contribution is 7.99. The van der Waals surface area contributed by atoms with E-state index in [2.05, 4.69) is 4.98 Å². The highest BCUT2D eigenvalue weighted by Crippen LogP contribution is 2.35. The lowest BCUT2D eigenvalue weighted by atomic mass is 9.82. The molecule has 0 aliphatic rings. The van der Waals surface area contributed by atoms with E-state index >= 15 is 0 Å². The van der Waals surface area contributed by atoms with Crippen molar-refractivity contribution in [2.45, 2.75) is 51.3 Å². The van der Waals surface area contributed by atoms with Gasteiger partial charge < -0.3 is 14.6 Å². The Morgan fingerprint density at radius 1 is 1.19 bits per heavy atom. The van der Waals surface area contributed by atoms with Crippen molar-refractivity contribution in [2.75, 3.05) is 12.4 Å². The molecule has 1 N–H and O–H groups in total. The Balaban J connectivity index is 1.79. The van der Waals surface area contributed by atoms with Gasteiger partial charge in [0, 0.05) is 29.3 Å². The molecule has 1 aromatic heterocycles. The number of pyridine rings is 1. The van der Waals surface area contributed by atoms with Gasteiger partial charge in [-0.15, -0.1) is 11.8 Å². The minimum absolute atomic E-state index is 0.166. The van der Waals surface area contributed by atoms with Crippen molar-refractivity contribution >= 4 is 18.0 Å². The maximum Gasteiger partial charge on any atom is 0.125 e. The van der Waals surface area contributed by atoms with Crippen LogP contribution in [0.25, 0.3) is 0 Å². The average Bonchev–Trinajstić information content (AvgIpc) is 2.64. The van der Waals surface area contributed by atoms with Gasteiger partial charge in [-0.1, -0.05) is 19.9 Å². The van der Waals surface area contributed by atoms with Gasteiger partial charge in [0.25, 0.3) is 0 Å². The number of aromatic hydroxyl groups is 1. The van der Waals surface area contributed by atoms with Crippen LogP contribution in [0.3, 0.4) is 0 Å². The molecule has 0 fully saturated rings. The quantitative estimate of drug-likeness (QED) is 0.326. The zero-order valence-corrected chi connectivity index (χ0v) is 17.2. The van der Waals surface area contributed by atoms with Crippen molar-refractivity contribution in [2.24, 2.45) is 5.41 Å². The molecule has 0 aliphatic heterocycles. The first-order valence-electron chi connectivity index (χ1n) is 9.33. The van der Waals surface area contributed by atoms with Crippen LogP contribution < -0.4 is 4.74 Å². The highest BCUT2D eigenvalue weighted by Gasteiger charge is 2.21. The minimum Gasteiger partial charge on any atom is -0.507 e. The summed E-state index contributed by atoms with van der Waals surface area (Å²) < 4.78 is 5.87. The molecule has 5 heteroatoms. The van der Waals surface area contributed by atoms with Crippen LogP contribution in [0.1, 0.15) is 44.2 Å². The standard InChI is InChI=1S/C22H29NO3S/c1-17-20(7-6-18(21(17)25)16-22(2,3)10-13-24)26-14-4-5-15-27-19-8-11-23-12-9-19/h6-9,11-13,25H,4-5,10,14-16H2,1-3H3. The third kappa shape index (κ3) is 6.90. The van der Waals surface area contributed by atoms with Gasteiger partial charge in [0.15, 0.2) is 0 Å². The molecular formula is C22H29NO3S. The Bertz CT molecular complexity index is 732. The molecule has 27 heavy (non-hydrogen) atoms. The van der Waals surface area contributed by atoms with Crippen LogP contribution in [0.5, 0.6) is 11.5 Å². The van der Waals surface area contributed by atoms with Crippen LogP contribution in [-0.2, 0) is 11.2 Å². The predicted octanol–water partition coefficient (Wildman–Crippen LogP) is 5.20. The fraction of sp³-hybridized carbons (Fsp3) is 0.455. The van der Waals surface area contributed by atoms with Gasteiger partial charge in [-0.3, -0.25) is 4.98 Å². The Hall–Kier alpha value is -2.01. The first-order chi connectivity index (χ1) is 12.9. The van der Waals surface area contributed by atoms with E-state index < -0.39 is 0 Å². The molecule has 1 aromatic carbocycles. The molecule has 0 saturated heterocycles. The van der Waals surface area contributed by atoms with Gasteiger partial charge in [-0.05, 0) is 61.1 Å². The van der Waals surface area contributed by atoms with Crippen molar-refractivity contribution in [3.63, 3.8) is 0 Å². The Labute approximate surface area is 166 Å². The van der Waals surface area contributed by atoms with E-state index in [0.29, 0.717) is 19.4 Å². The second-order valence-corrected chi connectivity index (χ2v) is 8.66. The highest BCUT2D eigenvalue weighted by atomic mass is 32.2. The molecule has 0 unspecified atom stereocenters. The number of unbranched alkanes of at least 4 members (excludes halogenated alkanes) is 1. The third-order valence-electron chi connectivity index (χ3n) is 4.48. The maximum absolute atomic E-state index is 10.8. The molecule has 146 valence electrons. The Kier molecular flexibility index (Phi) is 8.17. The SMILES string of the molecule is Cc1c(OCCCCSc2ccncc2)ccc(CC(C)(C)CC=O)c1O. The Morgan fingerprint density at radius 2 is 1.93 bits per heavy atom. The van der Waals surface area contributed by atoms with Crippen LogP contribution in [0.2, 0.25) is 0 Å². The summed E-state index contributed by atoms with van der Waals surface area (Å²) in [5.41, 5.74) is 1.46. The molecule has 0 radical (unpaired) electrons. The summed E-state index contributed by atoms with van der Waals surface area (Å²) in [7, 11) is 0. The zero-order chi connectivity index (χ0) is 19.7. The number of carbonyl (C=O) groups is 1. The van der Waals surface area contributed by atoms with Crippen molar-refractivity contribution in [3.05, 3.63) is 47.8 Å². The summed E-state index contributed by atoms with van der Waals surface area (Å²) in [4.78, 5) is 16.1. The number of carbonyl (C=O) groups excluding carboxylic acids is 1. The first kappa shape index (κ1) is 21.3. The molecule has 0 bridgehead atoms. The molecule has 0 spiro atoms. The fourth-order valence-corrected chi connectivity index (χ4v) is 3.76. The lowest BCUT2D eigenvalue weighted by molar-refractivity contribution is -0.109. The smallest absolute Gasteiger partial charge is 0.125 e. The summed E-state index contributed by atoms with van der Waals surface area (Å²) in [5, 5.41) is 10.5. The van der Waals surface area contributed by atoms with Crippen LogP contribution >= 0.6 is 11.8 Å². The monoisotopic (exact) mass is 387 g/mol. The van der Waals surface area contributed by atoms with Crippen LogP contribution in [-0.4, -0.2) is 28.7 Å². The lowest BCUT2D eigenvalue weighted by Gasteiger charge is -2.23. The molecule has 0 aliphatic carbocycles. The number of hydrogen-bond acceptors (Lipinski definition) is 5. The van der Waals surface area contributed by atoms with E-state index in [9.17, 15) is 9.90 Å². The number of rotatable bonds is 11. The average molecular weight is 388 g/mol. The van der Waals surface area contributed by atoms with Gasteiger partial charge in [-0.2, -0.15) is 0 Å². The number of phenols is 1. The summed E-state index contributed by atoms with van der Waals surface area (Å²) in [6.07, 6.45) is 7.72. The number of ether oxygens (including phenoxy) is 1. The second-order valence-electron chi connectivity index (χ2n) is 7.50. The van der Waals surface area contributed by atoms with Gasteiger partial charge in [0.05, 0.1) is 6.61 Å². The Morgan fingerprint density at radius 3 is 2.63 bits per heavy atom. The number of benzene rings is 1. The summed E-state index contributed by atoms with van der Waals surface area (Å²) in [5.74, 6) is 2.05. The van der Waals surface area contributed by atoms with Crippen LogP contribution in [0.4, 0.5) is 0 Å². The van der Waals surface area contributed by atoms with Crippen molar-refractivity contribution in [1.82, 2.24) is 4.98 Å².